The lowest BCUT2D eigenvalue weighted by Gasteiger charge is -2.47. The number of hydrogen-bond donors (Lipinski definition) is 1. The summed E-state index contributed by atoms with van der Waals surface area (Å²) < 4.78 is 0. The third-order valence-electron chi connectivity index (χ3n) is 6.69. The van der Waals surface area contributed by atoms with Gasteiger partial charge >= 0.3 is 0 Å². The molecule has 2 aromatic heterocycles. The van der Waals surface area contributed by atoms with E-state index in [1.54, 1.807) is 33.3 Å². The highest BCUT2D eigenvalue weighted by molar-refractivity contribution is 7.09. The molecule has 4 aromatic rings. The number of H-pyrrole nitrogens is 1. The van der Waals surface area contributed by atoms with Crippen molar-refractivity contribution in [1.82, 2.24) is 14.8 Å². The van der Waals surface area contributed by atoms with Gasteiger partial charge in [-0.05, 0) is 40.8 Å². The topological polar surface area (TPSA) is 99.5 Å². The van der Waals surface area contributed by atoms with Crippen molar-refractivity contribution in [3.8, 4) is 0 Å². The number of nitrogens with zero attached hydrogens (tertiary/aromatic N) is 3. The number of nitro benzene ring substituents is 1. The molecule has 1 saturated heterocycles. The third kappa shape index (κ3) is 3.19. The van der Waals surface area contributed by atoms with E-state index < -0.39 is 17.0 Å². The van der Waals surface area contributed by atoms with Crippen LogP contribution in [0.3, 0.4) is 0 Å². The molecule has 0 bridgehead atoms. The number of aromatic amines is 1. The lowest BCUT2D eigenvalue weighted by atomic mass is 9.86. The zero-order valence-electron chi connectivity index (χ0n) is 18.0. The number of para-hydroxylation sites is 1. The Bertz CT molecular complexity index is 1430. The molecular weight excluding hydrogens is 452 g/mol. The number of thiophene rings is 1. The summed E-state index contributed by atoms with van der Waals surface area (Å²) in [5.41, 5.74) is 3.53. The van der Waals surface area contributed by atoms with Crippen molar-refractivity contribution in [3.05, 3.63) is 97.9 Å². The largest absolute Gasteiger partial charge is 0.356 e. The van der Waals surface area contributed by atoms with Gasteiger partial charge in [-0.1, -0.05) is 24.3 Å². The number of nitro groups is 1. The predicted octanol–water partition coefficient (Wildman–Crippen LogP) is 4.02. The molecule has 170 valence electrons. The molecule has 2 amide bonds. The molecule has 1 unspecified atom stereocenters. The quantitative estimate of drug-likeness (QED) is 0.358. The average Bonchev–Trinajstić information content (AvgIpc) is 3.49. The van der Waals surface area contributed by atoms with Crippen LogP contribution < -0.4 is 0 Å². The maximum absolute atomic E-state index is 13.7. The number of rotatable bonds is 4. The second-order valence-electron chi connectivity index (χ2n) is 8.61. The number of carbonyl (C=O) groups is 2. The Morgan fingerprint density at radius 1 is 1.06 bits per heavy atom. The molecule has 1 N–H and O–H groups in total. The molecule has 2 atom stereocenters. The van der Waals surface area contributed by atoms with Gasteiger partial charge in [-0.15, -0.1) is 11.3 Å². The molecule has 1 fully saturated rings. The van der Waals surface area contributed by atoms with Gasteiger partial charge in [-0.2, -0.15) is 0 Å². The van der Waals surface area contributed by atoms with Gasteiger partial charge < -0.3 is 14.8 Å². The predicted molar refractivity (Wildman–Crippen MR) is 127 cm³/mol. The second-order valence-corrected chi connectivity index (χ2v) is 9.64. The molecule has 8 nitrogen and oxygen atoms in total. The number of piperazine rings is 1. The fourth-order valence-electron chi connectivity index (χ4n) is 5.17. The number of fused-ring (bicyclic) bond motifs is 4. The standard InChI is InChI=1S/C25H20N4O4S/c30-22-14-27(13-17-4-3-11-34-17)25(31)21-12-19-18-5-1-2-6-20(18)26-23(19)24(28(21)22)15-7-9-16(10-8-15)29(32)33/h1-11,21,24,26H,12-14H2/t21-,24?/m0/s1. The van der Waals surface area contributed by atoms with E-state index in [2.05, 4.69) is 4.98 Å². The third-order valence-corrected chi connectivity index (χ3v) is 7.55. The minimum atomic E-state index is -0.631. The Morgan fingerprint density at radius 2 is 1.85 bits per heavy atom. The van der Waals surface area contributed by atoms with Gasteiger partial charge in [0.25, 0.3) is 5.69 Å². The zero-order valence-corrected chi connectivity index (χ0v) is 18.8. The van der Waals surface area contributed by atoms with Crippen LogP contribution in [-0.4, -0.2) is 44.1 Å². The molecule has 34 heavy (non-hydrogen) atoms. The van der Waals surface area contributed by atoms with E-state index in [0.29, 0.717) is 13.0 Å². The molecule has 2 aliphatic heterocycles. The fraction of sp³-hybridized carbons (Fsp3) is 0.200. The highest BCUT2D eigenvalue weighted by Gasteiger charge is 2.48. The van der Waals surface area contributed by atoms with E-state index in [0.717, 1.165) is 32.6 Å². The maximum Gasteiger partial charge on any atom is 0.269 e. The summed E-state index contributed by atoms with van der Waals surface area (Å²) in [6.45, 7) is 0.418. The number of hydrogen-bond acceptors (Lipinski definition) is 5. The molecule has 2 aliphatic rings. The van der Waals surface area contributed by atoms with Crippen LogP contribution in [0.25, 0.3) is 10.9 Å². The molecule has 2 aromatic carbocycles. The number of amides is 2. The fourth-order valence-corrected chi connectivity index (χ4v) is 5.89. The summed E-state index contributed by atoms with van der Waals surface area (Å²) in [6.07, 6.45) is 0.425. The van der Waals surface area contributed by atoms with Crippen molar-refractivity contribution in [2.45, 2.75) is 25.0 Å². The first-order valence-electron chi connectivity index (χ1n) is 11.0. The van der Waals surface area contributed by atoms with Crippen molar-refractivity contribution in [1.29, 1.82) is 0 Å². The van der Waals surface area contributed by atoms with Crippen LogP contribution in [0.4, 0.5) is 5.69 Å². The highest BCUT2D eigenvalue weighted by atomic mass is 32.1. The van der Waals surface area contributed by atoms with E-state index in [9.17, 15) is 19.7 Å². The summed E-state index contributed by atoms with van der Waals surface area (Å²) in [5, 5.41) is 14.2. The first-order chi connectivity index (χ1) is 16.5. The minimum absolute atomic E-state index is 0.00623. The van der Waals surface area contributed by atoms with E-state index in [1.807, 2.05) is 41.8 Å². The van der Waals surface area contributed by atoms with Crippen LogP contribution in [0.1, 0.15) is 27.7 Å². The highest BCUT2D eigenvalue weighted by Crippen LogP contribution is 2.43. The second kappa shape index (κ2) is 7.81. The Labute approximate surface area is 198 Å². The van der Waals surface area contributed by atoms with Crippen LogP contribution in [0, 0.1) is 10.1 Å². The lowest BCUT2D eigenvalue weighted by molar-refractivity contribution is -0.384. The number of benzene rings is 2. The van der Waals surface area contributed by atoms with Crippen molar-refractivity contribution in [3.63, 3.8) is 0 Å². The van der Waals surface area contributed by atoms with E-state index in [4.69, 9.17) is 0 Å². The summed E-state index contributed by atoms with van der Waals surface area (Å²) in [6, 6.07) is 16.9. The van der Waals surface area contributed by atoms with Crippen LogP contribution in [0.5, 0.6) is 0 Å². The average molecular weight is 473 g/mol. The summed E-state index contributed by atoms with van der Waals surface area (Å²) in [5.74, 6) is -0.204. The molecule has 9 heteroatoms. The smallest absolute Gasteiger partial charge is 0.269 e. The minimum Gasteiger partial charge on any atom is -0.356 e. The van der Waals surface area contributed by atoms with E-state index >= 15 is 0 Å². The Balaban J connectivity index is 1.47. The maximum atomic E-state index is 13.7. The Hall–Kier alpha value is -3.98. The van der Waals surface area contributed by atoms with Crippen molar-refractivity contribution >= 4 is 39.7 Å². The van der Waals surface area contributed by atoms with Gasteiger partial charge in [0, 0.05) is 40.0 Å². The summed E-state index contributed by atoms with van der Waals surface area (Å²) in [7, 11) is 0. The van der Waals surface area contributed by atoms with Crippen molar-refractivity contribution in [2.24, 2.45) is 0 Å². The van der Waals surface area contributed by atoms with E-state index in [1.165, 1.54) is 12.1 Å². The van der Waals surface area contributed by atoms with Crippen molar-refractivity contribution < 1.29 is 14.5 Å². The zero-order chi connectivity index (χ0) is 23.4. The monoisotopic (exact) mass is 472 g/mol. The van der Waals surface area contributed by atoms with Crippen LogP contribution >= 0.6 is 11.3 Å². The molecule has 0 spiro atoms. The first-order valence-corrected chi connectivity index (χ1v) is 11.9. The van der Waals surface area contributed by atoms with Gasteiger partial charge in [-0.3, -0.25) is 19.7 Å². The number of nitrogens with one attached hydrogen (secondary N) is 1. The van der Waals surface area contributed by atoms with Crippen LogP contribution in [0.15, 0.2) is 66.0 Å². The normalized spacial score (nSPS) is 19.9. The summed E-state index contributed by atoms with van der Waals surface area (Å²) >= 11 is 1.56. The van der Waals surface area contributed by atoms with Gasteiger partial charge in [0.15, 0.2) is 0 Å². The van der Waals surface area contributed by atoms with Crippen LogP contribution in [0.2, 0.25) is 0 Å². The van der Waals surface area contributed by atoms with Crippen molar-refractivity contribution in [2.75, 3.05) is 6.54 Å². The van der Waals surface area contributed by atoms with Gasteiger partial charge in [-0.25, -0.2) is 0 Å². The van der Waals surface area contributed by atoms with Gasteiger partial charge in [0.2, 0.25) is 11.8 Å². The molecule has 0 aliphatic carbocycles. The molecular formula is C25H20N4O4S. The van der Waals surface area contributed by atoms with Gasteiger partial charge in [0.05, 0.1) is 17.5 Å². The number of aromatic nitrogens is 1. The Kier molecular flexibility index (Phi) is 4.73. The van der Waals surface area contributed by atoms with Gasteiger partial charge in [0.1, 0.15) is 12.6 Å². The number of carbonyl (C=O) groups excluding carboxylic acids is 2. The molecule has 0 radical (unpaired) electrons. The number of non-ortho nitro benzene ring substituents is 1. The molecule has 0 saturated carbocycles. The lowest BCUT2D eigenvalue weighted by Crippen LogP contribution is -2.62. The first kappa shape index (κ1) is 20.6. The Morgan fingerprint density at radius 3 is 2.59 bits per heavy atom. The van der Waals surface area contributed by atoms with Crippen LogP contribution in [-0.2, 0) is 22.6 Å². The molecule has 6 rings (SSSR count). The summed E-state index contributed by atoms with van der Waals surface area (Å²) in [4.78, 5) is 45.7. The SMILES string of the molecule is O=C1[C@@H]2Cc3c([nH]c4ccccc34)C(c3ccc([N+](=O)[O-])cc3)N2C(=O)CN1Cc1cccs1. The van der Waals surface area contributed by atoms with E-state index in [-0.39, 0.29) is 24.0 Å². The molecule has 4 heterocycles.